The zero-order valence-electron chi connectivity index (χ0n) is 9.52. The quantitative estimate of drug-likeness (QED) is 0.829. The molecule has 0 amide bonds. The second-order valence-corrected chi connectivity index (χ2v) is 4.29. The van der Waals surface area contributed by atoms with Gasteiger partial charge in [-0.1, -0.05) is 6.07 Å². The molecule has 0 aliphatic carbocycles. The lowest BCUT2D eigenvalue weighted by Gasteiger charge is -2.18. The molecule has 0 radical (unpaired) electrons. The Balaban J connectivity index is 1.97. The summed E-state index contributed by atoms with van der Waals surface area (Å²) < 4.78 is 49.1. The van der Waals surface area contributed by atoms with Crippen LogP contribution in [0.3, 0.4) is 0 Å². The van der Waals surface area contributed by atoms with Gasteiger partial charge in [-0.3, -0.25) is 5.41 Å². The Kier molecular flexibility index (Phi) is 3.28. The molecule has 1 aliphatic rings. The van der Waals surface area contributed by atoms with Crippen LogP contribution in [-0.4, -0.2) is 23.5 Å². The minimum Gasteiger partial charge on any atom is -0.352 e. The molecule has 2 rings (SSSR count). The molecule has 0 atom stereocenters. The van der Waals surface area contributed by atoms with Crippen LogP contribution in [0.25, 0.3) is 0 Å². The van der Waals surface area contributed by atoms with Crippen LogP contribution < -0.4 is 0 Å². The molecule has 1 N–H and O–H groups in total. The standard InChI is InChI=1S/C12H12F4N2/c13-9-3-2-8-7-18(11(17)10(8)6-9)5-1-4-12(14,15)16/h2-3,6,17H,1,4-5,7H2. The van der Waals surface area contributed by atoms with Crippen LogP contribution >= 0.6 is 0 Å². The monoisotopic (exact) mass is 260 g/mol. The highest BCUT2D eigenvalue weighted by Gasteiger charge is 2.28. The normalized spacial score (nSPS) is 15.1. The van der Waals surface area contributed by atoms with E-state index in [0.29, 0.717) is 12.1 Å². The van der Waals surface area contributed by atoms with Crippen molar-refractivity contribution in [3.05, 3.63) is 35.1 Å². The summed E-state index contributed by atoms with van der Waals surface area (Å²) in [6.07, 6.45) is -5.08. The van der Waals surface area contributed by atoms with Crippen LogP contribution in [0.4, 0.5) is 17.6 Å². The van der Waals surface area contributed by atoms with Crippen LogP contribution in [0.15, 0.2) is 18.2 Å². The Morgan fingerprint density at radius 1 is 1.28 bits per heavy atom. The number of alkyl halides is 3. The molecule has 1 aliphatic heterocycles. The maximum atomic E-state index is 13.0. The summed E-state index contributed by atoms with van der Waals surface area (Å²) in [5, 5.41) is 7.80. The van der Waals surface area contributed by atoms with Crippen LogP contribution in [0, 0.1) is 11.2 Å². The lowest BCUT2D eigenvalue weighted by Crippen LogP contribution is -2.26. The third-order valence-electron chi connectivity index (χ3n) is 2.89. The first-order valence-electron chi connectivity index (χ1n) is 5.56. The molecule has 0 bridgehead atoms. The van der Waals surface area contributed by atoms with Crippen molar-refractivity contribution in [2.24, 2.45) is 0 Å². The molecule has 98 valence electrons. The van der Waals surface area contributed by atoms with Crippen LogP contribution in [0.1, 0.15) is 24.0 Å². The third-order valence-corrected chi connectivity index (χ3v) is 2.89. The largest absolute Gasteiger partial charge is 0.389 e. The van der Waals surface area contributed by atoms with Crippen LogP contribution in [0.5, 0.6) is 0 Å². The first-order chi connectivity index (χ1) is 8.37. The molecule has 0 aromatic heterocycles. The summed E-state index contributed by atoms with van der Waals surface area (Å²) in [5.74, 6) is -0.331. The highest BCUT2D eigenvalue weighted by atomic mass is 19.4. The van der Waals surface area contributed by atoms with Crippen molar-refractivity contribution in [1.82, 2.24) is 4.90 Å². The molecule has 0 fully saturated rings. The number of amidine groups is 1. The fourth-order valence-corrected chi connectivity index (χ4v) is 2.02. The van der Waals surface area contributed by atoms with Gasteiger partial charge in [0.25, 0.3) is 0 Å². The Morgan fingerprint density at radius 3 is 2.67 bits per heavy atom. The van der Waals surface area contributed by atoms with Crippen molar-refractivity contribution in [1.29, 1.82) is 5.41 Å². The van der Waals surface area contributed by atoms with E-state index < -0.39 is 18.4 Å². The molecule has 0 unspecified atom stereocenters. The highest BCUT2D eigenvalue weighted by Crippen LogP contribution is 2.26. The number of benzene rings is 1. The molecule has 2 nitrogen and oxygen atoms in total. The van der Waals surface area contributed by atoms with Crippen molar-refractivity contribution < 1.29 is 17.6 Å². The smallest absolute Gasteiger partial charge is 0.352 e. The highest BCUT2D eigenvalue weighted by molar-refractivity contribution is 6.00. The van der Waals surface area contributed by atoms with Crippen LogP contribution in [-0.2, 0) is 6.54 Å². The van der Waals surface area contributed by atoms with Crippen molar-refractivity contribution >= 4 is 5.84 Å². The van der Waals surface area contributed by atoms with Gasteiger partial charge in [0.15, 0.2) is 0 Å². The fraction of sp³-hybridized carbons (Fsp3) is 0.417. The van der Waals surface area contributed by atoms with E-state index in [4.69, 9.17) is 5.41 Å². The fourth-order valence-electron chi connectivity index (χ4n) is 2.02. The minimum absolute atomic E-state index is 0.0532. The molecule has 0 saturated heterocycles. The number of rotatable bonds is 3. The van der Waals surface area contributed by atoms with E-state index in [9.17, 15) is 17.6 Å². The van der Waals surface area contributed by atoms with Gasteiger partial charge in [-0.2, -0.15) is 13.2 Å². The van der Waals surface area contributed by atoms with Crippen molar-refractivity contribution in [2.45, 2.75) is 25.6 Å². The molecule has 0 spiro atoms. The second-order valence-electron chi connectivity index (χ2n) is 4.29. The van der Waals surface area contributed by atoms with Crippen molar-refractivity contribution in [3.63, 3.8) is 0 Å². The second kappa shape index (κ2) is 4.59. The summed E-state index contributed by atoms with van der Waals surface area (Å²) in [7, 11) is 0. The van der Waals surface area contributed by atoms with Gasteiger partial charge in [-0.15, -0.1) is 0 Å². The first kappa shape index (κ1) is 12.9. The lowest BCUT2D eigenvalue weighted by molar-refractivity contribution is -0.135. The number of hydrogen-bond acceptors (Lipinski definition) is 1. The topological polar surface area (TPSA) is 27.1 Å². The van der Waals surface area contributed by atoms with Gasteiger partial charge < -0.3 is 4.90 Å². The Hall–Kier alpha value is -1.59. The maximum absolute atomic E-state index is 13.0. The van der Waals surface area contributed by atoms with E-state index >= 15 is 0 Å². The zero-order chi connectivity index (χ0) is 13.3. The molecule has 1 aromatic carbocycles. The van der Waals surface area contributed by atoms with E-state index in [1.165, 1.54) is 17.0 Å². The molecular formula is C12H12F4N2. The average Bonchev–Trinajstić information content (AvgIpc) is 2.55. The van der Waals surface area contributed by atoms with E-state index in [2.05, 4.69) is 0 Å². The maximum Gasteiger partial charge on any atom is 0.389 e. The van der Waals surface area contributed by atoms with E-state index in [1.54, 1.807) is 6.07 Å². The number of halogens is 4. The Bertz CT molecular complexity index is 468. The van der Waals surface area contributed by atoms with Gasteiger partial charge in [-0.05, 0) is 24.1 Å². The number of nitrogens with one attached hydrogen (secondary N) is 1. The van der Waals surface area contributed by atoms with Gasteiger partial charge in [0.2, 0.25) is 0 Å². The van der Waals surface area contributed by atoms with E-state index in [1.807, 2.05) is 0 Å². The molecule has 0 saturated carbocycles. The van der Waals surface area contributed by atoms with Gasteiger partial charge in [-0.25, -0.2) is 4.39 Å². The van der Waals surface area contributed by atoms with Gasteiger partial charge in [0, 0.05) is 25.1 Å². The SMILES string of the molecule is N=C1c2cc(F)ccc2CN1CCCC(F)(F)F. The summed E-state index contributed by atoms with van der Waals surface area (Å²) in [6.45, 7) is 0.543. The van der Waals surface area contributed by atoms with Crippen LogP contribution in [0.2, 0.25) is 0 Å². The van der Waals surface area contributed by atoms with Gasteiger partial charge in [0.05, 0.1) is 0 Å². The Morgan fingerprint density at radius 2 is 2.00 bits per heavy atom. The molecule has 6 heteroatoms. The van der Waals surface area contributed by atoms with E-state index in [0.717, 1.165) is 5.56 Å². The zero-order valence-corrected chi connectivity index (χ0v) is 9.52. The average molecular weight is 260 g/mol. The molecule has 1 heterocycles. The van der Waals surface area contributed by atoms with Crippen molar-refractivity contribution in [3.8, 4) is 0 Å². The van der Waals surface area contributed by atoms with E-state index in [-0.39, 0.29) is 18.8 Å². The summed E-state index contributed by atoms with van der Waals surface area (Å²) in [4.78, 5) is 1.54. The minimum atomic E-state index is -4.17. The van der Waals surface area contributed by atoms with Gasteiger partial charge >= 0.3 is 6.18 Å². The Labute approximate surface area is 102 Å². The summed E-state index contributed by atoms with van der Waals surface area (Å²) in [5.41, 5.74) is 1.26. The number of hydrogen-bond donors (Lipinski definition) is 1. The van der Waals surface area contributed by atoms with Gasteiger partial charge in [0.1, 0.15) is 11.7 Å². The predicted molar refractivity (Wildman–Crippen MR) is 58.9 cm³/mol. The number of fused-ring (bicyclic) bond motifs is 1. The molecule has 1 aromatic rings. The number of nitrogens with zero attached hydrogens (tertiary/aromatic N) is 1. The lowest BCUT2D eigenvalue weighted by atomic mass is 10.1. The van der Waals surface area contributed by atoms with Crippen molar-refractivity contribution in [2.75, 3.05) is 6.54 Å². The summed E-state index contributed by atoms with van der Waals surface area (Å²) in [6, 6.07) is 4.12. The summed E-state index contributed by atoms with van der Waals surface area (Å²) >= 11 is 0. The molecular weight excluding hydrogens is 248 g/mol. The molecule has 18 heavy (non-hydrogen) atoms. The first-order valence-corrected chi connectivity index (χ1v) is 5.56. The predicted octanol–water partition coefficient (Wildman–Crippen LogP) is 3.31. The third kappa shape index (κ3) is 2.80.